The molecule has 1 fully saturated rings. The van der Waals surface area contributed by atoms with Crippen LogP contribution >= 0.6 is 0 Å². The molecule has 3 aromatic rings. The number of likely N-dealkylation sites (tertiary alicyclic amines) is 1. The van der Waals surface area contributed by atoms with Crippen LogP contribution in [-0.4, -0.2) is 63.1 Å². The number of hydrogen-bond acceptors (Lipinski definition) is 7. The number of nitrogens with zero attached hydrogens (tertiary/aromatic N) is 5. The molecule has 0 amide bonds. The number of aromatic hydroxyl groups is 1. The molecule has 0 saturated carbocycles. The summed E-state index contributed by atoms with van der Waals surface area (Å²) in [6.07, 6.45) is 4.14. The lowest BCUT2D eigenvalue weighted by Gasteiger charge is -2.30. The molecule has 0 unspecified atom stereocenters. The van der Waals surface area contributed by atoms with Gasteiger partial charge < -0.3 is 24.0 Å². The number of fused-ring (bicyclic) bond motifs is 2. The van der Waals surface area contributed by atoms with E-state index in [0.717, 1.165) is 42.7 Å². The number of ether oxygens (including phenoxy) is 2. The van der Waals surface area contributed by atoms with E-state index in [4.69, 9.17) is 9.47 Å². The number of rotatable bonds is 2. The number of piperidine rings is 1. The van der Waals surface area contributed by atoms with Crippen molar-refractivity contribution in [2.45, 2.75) is 25.8 Å². The SMILES string of the molecule is Cc1c(-c2ccc3c(c2O)OCCO3)nnc2c1ncn2[C@@H]1CCCN(C)C1. The molecule has 0 radical (unpaired) electrons. The number of benzene rings is 1. The molecule has 1 atom stereocenters. The maximum atomic E-state index is 10.7. The van der Waals surface area contributed by atoms with Gasteiger partial charge >= 0.3 is 0 Å². The Morgan fingerprint density at radius 1 is 1.18 bits per heavy atom. The van der Waals surface area contributed by atoms with Crippen molar-refractivity contribution < 1.29 is 14.6 Å². The smallest absolute Gasteiger partial charge is 0.204 e. The van der Waals surface area contributed by atoms with E-state index in [0.29, 0.717) is 42.0 Å². The normalized spacial score (nSPS) is 19.9. The van der Waals surface area contributed by atoms with Crippen LogP contribution in [0.1, 0.15) is 24.4 Å². The molecular formula is C20H23N5O3. The maximum absolute atomic E-state index is 10.7. The minimum atomic E-state index is 0.0299. The molecule has 0 bridgehead atoms. The van der Waals surface area contributed by atoms with Crippen molar-refractivity contribution in [1.29, 1.82) is 0 Å². The first kappa shape index (κ1) is 17.2. The lowest BCUT2D eigenvalue weighted by Crippen LogP contribution is -2.33. The first-order valence-electron chi connectivity index (χ1n) is 9.64. The fourth-order valence-corrected chi connectivity index (χ4v) is 4.18. The van der Waals surface area contributed by atoms with Gasteiger partial charge in [-0.1, -0.05) is 0 Å². The van der Waals surface area contributed by atoms with Crippen molar-refractivity contribution in [1.82, 2.24) is 24.6 Å². The Balaban J connectivity index is 1.58. The lowest BCUT2D eigenvalue weighted by molar-refractivity contribution is 0.166. The van der Waals surface area contributed by atoms with Crippen molar-refractivity contribution >= 4 is 11.2 Å². The Kier molecular flexibility index (Phi) is 4.08. The van der Waals surface area contributed by atoms with Crippen molar-refractivity contribution in [3.05, 3.63) is 24.0 Å². The topological polar surface area (TPSA) is 85.5 Å². The number of phenols is 1. The molecule has 2 aromatic heterocycles. The van der Waals surface area contributed by atoms with Crippen LogP contribution in [0.25, 0.3) is 22.4 Å². The van der Waals surface area contributed by atoms with Crippen molar-refractivity contribution in [2.24, 2.45) is 0 Å². The van der Waals surface area contributed by atoms with E-state index >= 15 is 0 Å². The number of phenolic OH excluding ortho intramolecular Hbond substituents is 1. The minimum absolute atomic E-state index is 0.0299. The van der Waals surface area contributed by atoms with Gasteiger partial charge in [-0.2, -0.15) is 0 Å². The summed E-state index contributed by atoms with van der Waals surface area (Å²) in [5, 5.41) is 19.7. The van der Waals surface area contributed by atoms with E-state index < -0.39 is 0 Å². The van der Waals surface area contributed by atoms with Gasteiger partial charge in [-0.15, -0.1) is 10.2 Å². The van der Waals surface area contributed by atoms with E-state index in [1.54, 1.807) is 12.1 Å². The Hall–Kier alpha value is -2.87. The van der Waals surface area contributed by atoms with Crippen LogP contribution in [0.15, 0.2) is 18.5 Å². The van der Waals surface area contributed by atoms with Crippen molar-refractivity contribution in [2.75, 3.05) is 33.4 Å². The molecular weight excluding hydrogens is 358 g/mol. The molecule has 28 heavy (non-hydrogen) atoms. The van der Waals surface area contributed by atoms with Gasteiger partial charge in [0, 0.05) is 23.7 Å². The quantitative estimate of drug-likeness (QED) is 0.730. The Morgan fingerprint density at radius 2 is 2.04 bits per heavy atom. The fraction of sp³-hybridized carbons (Fsp3) is 0.450. The monoisotopic (exact) mass is 381 g/mol. The average Bonchev–Trinajstić information content (AvgIpc) is 3.14. The van der Waals surface area contributed by atoms with Crippen LogP contribution in [-0.2, 0) is 0 Å². The van der Waals surface area contributed by atoms with Crippen LogP contribution < -0.4 is 9.47 Å². The van der Waals surface area contributed by atoms with Gasteiger partial charge in [0.25, 0.3) is 0 Å². The Labute approximate surface area is 162 Å². The molecule has 2 aliphatic rings. The van der Waals surface area contributed by atoms with E-state index in [1.165, 1.54) is 0 Å². The summed E-state index contributed by atoms with van der Waals surface area (Å²) in [5.41, 5.74) is 3.67. The second kappa shape index (κ2) is 6.63. The summed E-state index contributed by atoms with van der Waals surface area (Å²) in [7, 11) is 2.14. The van der Waals surface area contributed by atoms with Gasteiger partial charge in [-0.05, 0) is 45.5 Å². The number of imidazole rings is 1. The summed E-state index contributed by atoms with van der Waals surface area (Å²) in [5.74, 6) is 0.938. The first-order valence-corrected chi connectivity index (χ1v) is 9.64. The summed E-state index contributed by atoms with van der Waals surface area (Å²) in [6.45, 7) is 4.96. The fourth-order valence-electron chi connectivity index (χ4n) is 4.18. The summed E-state index contributed by atoms with van der Waals surface area (Å²) < 4.78 is 13.3. The second-order valence-electron chi connectivity index (χ2n) is 7.54. The van der Waals surface area contributed by atoms with E-state index in [-0.39, 0.29) is 5.75 Å². The third-order valence-electron chi connectivity index (χ3n) is 5.65. The highest BCUT2D eigenvalue weighted by Crippen LogP contribution is 2.45. The molecule has 5 rings (SSSR count). The minimum Gasteiger partial charge on any atom is -0.504 e. The Bertz CT molecular complexity index is 1050. The van der Waals surface area contributed by atoms with Crippen LogP contribution in [0.5, 0.6) is 17.2 Å². The zero-order valence-corrected chi connectivity index (χ0v) is 16.1. The molecule has 146 valence electrons. The summed E-state index contributed by atoms with van der Waals surface area (Å²) in [4.78, 5) is 6.96. The molecule has 4 heterocycles. The van der Waals surface area contributed by atoms with Gasteiger partial charge in [0.2, 0.25) is 5.75 Å². The highest BCUT2D eigenvalue weighted by atomic mass is 16.6. The van der Waals surface area contributed by atoms with Crippen LogP contribution in [0.2, 0.25) is 0 Å². The summed E-state index contributed by atoms with van der Waals surface area (Å²) in [6, 6.07) is 3.94. The maximum Gasteiger partial charge on any atom is 0.204 e. The highest BCUT2D eigenvalue weighted by molar-refractivity contribution is 5.84. The zero-order valence-electron chi connectivity index (χ0n) is 16.1. The van der Waals surface area contributed by atoms with Crippen molar-refractivity contribution in [3.8, 4) is 28.5 Å². The molecule has 8 heteroatoms. The van der Waals surface area contributed by atoms with Crippen LogP contribution in [0, 0.1) is 6.92 Å². The lowest BCUT2D eigenvalue weighted by atomic mass is 10.0. The van der Waals surface area contributed by atoms with E-state index in [2.05, 4.69) is 31.7 Å². The third-order valence-corrected chi connectivity index (χ3v) is 5.65. The van der Waals surface area contributed by atoms with E-state index in [9.17, 15) is 5.11 Å². The molecule has 1 N–H and O–H groups in total. The van der Waals surface area contributed by atoms with E-state index in [1.807, 2.05) is 13.3 Å². The second-order valence-corrected chi connectivity index (χ2v) is 7.54. The third kappa shape index (κ3) is 2.67. The number of aromatic nitrogens is 4. The predicted molar refractivity (Wildman–Crippen MR) is 104 cm³/mol. The Morgan fingerprint density at radius 3 is 2.89 bits per heavy atom. The standard InChI is InChI=1S/C20H23N5O3/c1-12-16(14-5-6-15-19(18(14)26)28-9-8-27-15)22-23-20-17(12)21-11-25(20)13-4-3-7-24(2)10-13/h5-6,11,13,26H,3-4,7-10H2,1-2H3/t13-/m1/s1. The van der Waals surface area contributed by atoms with Crippen molar-refractivity contribution in [3.63, 3.8) is 0 Å². The number of likely N-dealkylation sites (N-methyl/N-ethyl adjacent to an activating group) is 1. The highest BCUT2D eigenvalue weighted by Gasteiger charge is 2.25. The van der Waals surface area contributed by atoms with Gasteiger partial charge in [0.05, 0.1) is 6.33 Å². The van der Waals surface area contributed by atoms with Gasteiger partial charge in [0.15, 0.2) is 17.1 Å². The van der Waals surface area contributed by atoms with Crippen LogP contribution in [0.3, 0.4) is 0 Å². The number of hydrogen-bond donors (Lipinski definition) is 1. The largest absolute Gasteiger partial charge is 0.504 e. The first-order chi connectivity index (χ1) is 13.6. The van der Waals surface area contributed by atoms with Crippen LogP contribution in [0.4, 0.5) is 0 Å². The average molecular weight is 381 g/mol. The van der Waals surface area contributed by atoms with Gasteiger partial charge in [-0.3, -0.25) is 0 Å². The molecule has 0 aliphatic carbocycles. The molecule has 1 aromatic carbocycles. The molecule has 8 nitrogen and oxygen atoms in total. The molecule has 2 aliphatic heterocycles. The van der Waals surface area contributed by atoms with Gasteiger partial charge in [0.1, 0.15) is 24.4 Å². The number of aryl methyl sites for hydroxylation is 1. The zero-order chi connectivity index (χ0) is 19.3. The summed E-state index contributed by atoms with van der Waals surface area (Å²) >= 11 is 0. The van der Waals surface area contributed by atoms with Gasteiger partial charge in [-0.25, -0.2) is 4.98 Å². The predicted octanol–water partition coefficient (Wildman–Crippen LogP) is 2.55. The molecule has 0 spiro atoms. The molecule has 1 saturated heterocycles.